The predicted molar refractivity (Wildman–Crippen MR) is 58.0 cm³/mol. The van der Waals surface area contributed by atoms with Crippen molar-refractivity contribution < 1.29 is 17.9 Å². The fourth-order valence-electron chi connectivity index (χ4n) is 1.70. The molecule has 5 heteroatoms. The van der Waals surface area contributed by atoms with Crippen LogP contribution >= 0.6 is 0 Å². The SMILES string of the molecule is COc1cccc2c(C)cc(C(F)(F)F)nc12. The summed E-state index contributed by atoms with van der Waals surface area (Å²) in [5.74, 6) is 0.344. The van der Waals surface area contributed by atoms with Crippen LogP contribution in [0.2, 0.25) is 0 Å². The molecular weight excluding hydrogens is 231 g/mol. The molecule has 0 fully saturated rings. The van der Waals surface area contributed by atoms with Gasteiger partial charge in [-0.15, -0.1) is 0 Å². The van der Waals surface area contributed by atoms with E-state index < -0.39 is 11.9 Å². The van der Waals surface area contributed by atoms with Crippen molar-refractivity contribution in [3.8, 4) is 5.75 Å². The number of alkyl halides is 3. The third-order valence-corrected chi connectivity index (χ3v) is 2.52. The summed E-state index contributed by atoms with van der Waals surface area (Å²) in [5, 5.41) is 0.664. The molecule has 0 aliphatic carbocycles. The fourth-order valence-corrected chi connectivity index (χ4v) is 1.70. The summed E-state index contributed by atoms with van der Waals surface area (Å²) in [5.41, 5.74) is -0.129. The van der Waals surface area contributed by atoms with Gasteiger partial charge in [0.2, 0.25) is 0 Å². The van der Waals surface area contributed by atoms with Gasteiger partial charge >= 0.3 is 6.18 Å². The monoisotopic (exact) mass is 241 g/mol. The van der Waals surface area contributed by atoms with Crippen molar-refractivity contribution in [2.24, 2.45) is 0 Å². The zero-order valence-electron chi connectivity index (χ0n) is 9.30. The molecule has 0 amide bonds. The molecule has 0 radical (unpaired) electrons. The largest absolute Gasteiger partial charge is 0.494 e. The Morgan fingerprint density at radius 3 is 2.53 bits per heavy atom. The minimum Gasteiger partial charge on any atom is -0.494 e. The third-order valence-electron chi connectivity index (χ3n) is 2.52. The molecule has 2 nitrogen and oxygen atoms in total. The van der Waals surface area contributed by atoms with Crippen LogP contribution < -0.4 is 4.74 Å². The van der Waals surface area contributed by atoms with Crippen LogP contribution in [0.5, 0.6) is 5.75 Å². The molecule has 2 aromatic rings. The molecule has 17 heavy (non-hydrogen) atoms. The maximum atomic E-state index is 12.6. The van der Waals surface area contributed by atoms with Crippen LogP contribution in [-0.4, -0.2) is 12.1 Å². The number of hydrogen-bond donors (Lipinski definition) is 0. The second-order valence-corrected chi connectivity index (χ2v) is 3.68. The highest BCUT2D eigenvalue weighted by molar-refractivity contribution is 5.87. The Kier molecular flexibility index (Phi) is 2.69. The van der Waals surface area contributed by atoms with Gasteiger partial charge in [0, 0.05) is 5.39 Å². The molecule has 1 aromatic carbocycles. The molecule has 2 rings (SSSR count). The van der Waals surface area contributed by atoms with Crippen LogP contribution in [0.25, 0.3) is 10.9 Å². The number of para-hydroxylation sites is 1. The predicted octanol–water partition coefficient (Wildman–Crippen LogP) is 3.57. The topological polar surface area (TPSA) is 22.1 Å². The van der Waals surface area contributed by atoms with E-state index in [9.17, 15) is 13.2 Å². The van der Waals surface area contributed by atoms with E-state index in [1.165, 1.54) is 7.11 Å². The van der Waals surface area contributed by atoms with Gasteiger partial charge in [-0.05, 0) is 24.6 Å². The molecule has 0 bridgehead atoms. The number of aromatic nitrogens is 1. The van der Waals surface area contributed by atoms with Gasteiger partial charge in [-0.1, -0.05) is 12.1 Å². The Morgan fingerprint density at radius 1 is 1.24 bits per heavy atom. The van der Waals surface area contributed by atoms with Crippen LogP contribution in [0.15, 0.2) is 24.3 Å². The van der Waals surface area contributed by atoms with E-state index >= 15 is 0 Å². The third kappa shape index (κ3) is 2.05. The van der Waals surface area contributed by atoms with Crippen molar-refractivity contribution in [1.82, 2.24) is 4.98 Å². The summed E-state index contributed by atoms with van der Waals surface area (Å²) >= 11 is 0. The van der Waals surface area contributed by atoms with E-state index in [0.717, 1.165) is 6.07 Å². The average Bonchev–Trinajstić information content (AvgIpc) is 2.27. The molecule has 0 N–H and O–H groups in total. The highest BCUT2D eigenvalue weighted by Crippen LogP contribution is 2.33. The zero-order valence-corrected chi connectivity index (χ0v) is 9.30. The van der Waals surface area contributed by atoms with E-state index in [0.29, 0.717) is 16.7 Å². The van der Waals surface area contributed by atoms with Crippen LogP contribution in [-0.2, 0) is 6.18 Å². The smallest absolute Gasteiger partial charge is 0.433 e. The van der Waals surface area contributed by atoms with E-state index in [2.05, 4.69) is 4.98 Å². The van der Waals surface area contributed by atoms with Crippen LogP contribution in [0.3, 0.4) is 0 Å². The average molecular weight is 241 g/mol. The van der Waals surface area contributed by atoms with Crippen molar-refractivity contribution in [3.63, 3.8) is 0 Å². The summed E-state index contributed by atoms with van der Waals surface area (Å²) < 4.78 is 42.9. The van der Waals surface area contributed by atoms with Gasteiger partial charge in [0.25, 0.3) is 0 Å². The Hall–Kier alpha value is -1.78. The maximum absolute atomic E-state index is 12.6. The Bertz CT molecular complexity index is 563. The molecule has 1 aromatic heterocycles. The van der Waals surface area contributed by atoms with Gasteiger partial charge < -0.3 is 4.74 Å². The van der Waals surface area contributed by atoms with Gasteiger partial charge in [0.15, 0.2) is 0 Å². The minimum absolute atomic E-state index is 0.238. The summed E-state index contributed by atoms with van der Waals surface area (Å²) in [6, 6.07) is 6.08. The van der Waals surface area contributed by atoms with Crippen molar-refractivity contribution in [1.29, 1.82) is 0 Å². The quantitative estimate of drug-likeness (QED) is 0.761. The van der Waals surface area contributed by atoms with Crippen molar-refractivity contribution in [3.05, 3.63) is 35.5 Å². The fraction of sp³-hybridized carbons (Fsp3) is 0.250. The van der Waals surface area contributed by atoms with E-state index in [1.54, 1.807) is 25.1 Å². The van der Waals surface area contributed by atoms with Gasteiger partial charge in [0.05, 0.1) is 7.11 Å². The molecule has 0 unspecified atom stereocenters. The van der Waals surface area contributed by atoms with Gasteiger partial charge in [0.1, 0.15) is 17.0 Å². The summed E-state index contributed by atoms with van der Waals surface area (Å²) in [6.45, 7) is 1.62. The van der Waals surface area contributed by atoms with Gasteiger partial charge in [-0.25, -0.2) is 4.98 Å². The number of methoxy groups -OCH3 is 1. The summed E-state index contributed by atoms with van der Waals surface area (Å²) in [4.78, 5) is 3.63. The molecule has 0 aliphatic rings. The maximum Gasteiger partial charge on any atom is 0.433 e. The molecule has 0 saturated carbocycles. The van der Waals surface area contributed by atoms with Crippen molar-refractivity contribution in [2.75, 3.05) is 7.11 Å². The molecule has 0 saturated heterocycles. The number of pyridine rings is 1. The van der Waals surface area contributed by atoms with E-state index in [-0.39, 0.29) is 5.52 Å². The summed E-state index contributed by atoms with van der Waals surface area (Å²) in [7, 11) is 1.41. The van der Waals surface area contributed by atoms with E-state index in [1.807, 2.05) is 0 Å². The first-order valence-electron chi connectivity index (χ1n) is 4.95. The lowest BCUT2D eigenvalue weighted by Crippen LogP contribution is -2.08. The molecule has 1 heterocycles. The standard InChI is InChI=1S/C12H10F3NO/c1-7-6-10(12(13,14)15)16-11-8(7)4-3-5-9(11)17-2/h3-6H,1-2H3. The number of aryl methyl sites for hydroxylation is 1. The molecule has 90 valence electrons. The normalized spacial score (nSPS) is 11.8. The van der Waals surface area contributed by atoms with Gasteiger partial charge in [-0.2, -0.15) is 13.2 Å². The highest BCUT2D eigenvalue weighted by Gasteiger charge is 2.33. The first kappa shape index (κ1) is 11.7. The lowest BCUT2D eigenvalue weighted by atomic mass is 10.1. The lowest BCUT2D eigenvalue weighted by Gasteiger charge is -2.11. The second-order valence-electron chi connectivity index (χ2n) is 3.68. The molecular formula is C12H10F3NO. The van der Waals surface area contributed by atoms with Crippen LogP contribution in [0, 0.1) is 6.92 Å². The van der Waals surface area contributed by atoms with E-state index in [4.69, 9.17) is 4.74 Å². The molecule has 0 aliphatic heterocycles. The Balaban J connectivity index is 2.79. The zero-order chi connectivity index (χ0) is 12.6. The first-order chi connectivity index (χ1) is 7.93. The molecule has 0 spiro atoms. The van der Waals surface area contributed by atoms with Crippen LogP contribution in [0.1, 0.15) is 11.3 Å². The lowest BCUT2D eigenvalue weighted by molar-refractivity contribution is -0.141. The number of halogens is 3. The first-order valence-corrected chi connectivity index (χ1v) is 4.95. The minimum atomic E-state index is -4.44. The highest BCUT2D eigenvalue weighted by atomic mass is 19.4. The van der Waals surface area contributed by atoms with Crippen molar-refractivity contribution in [2.45, 2.75) is 13.1 Å². The number of ether oxygens (including phenoxy) is 1. The second kappa shape index (κ2) is 3.91. The Labute approximate surface area is 96.0 Å². The molecule has 0 atom stereocenters. The Morgan fingerprint density at radius 2 is 1.94 bits per heavy atom. The van der Waals surface area contributed by atoms with Crippen molar-refractivity contribution >= 4 is 10.9 Å². The van der Waals surface area contributed by atoms with Crippen LogP contribution in [0.4, 0.5) is 13.2 Å². The number of hydrogen-bond acceptors (Lipinski definition) is 2. The number of nitrogens with zero attached hydrogens (tertiary/aromatic N) is 1. The number of benzene rings is 1. The number of rotatable bonds is 1. The van der Waals surface area contributed by atoms with Gasteiger partial charge in [-0.3, -0.25) is 0 Å². The summed E-state index contributed by atoms with van der Waals surface area (Å²) in [6.07, 6.45) is -4.44. The number of fused-ring (bicyclic) bond motifs is 1.